The van der Waals surface area contributed by atoms with Gasteiger partial charge < -0.3 is 15.9 Å². The van der Waals surface area contributed by atoms with E-state index in [9.17, 15) is 4.79 Å². The van der Waals surface area contributed by atoms with E-state index in [1.807, 2.05) is 52.0 Å². The van der Waals surface area contributed by atoms with Crippen molar-refractivity contribution in [2.45, 2.75) is 53.2 Å². The highest BCUT2D eigenvalue weighted by Crippen LogP contribution is 2.15. The summed E-state index contributed by atoms with van der Waals surface area (Å²) in [5.41, 5.74) is 8.09. The number of nitrogen functional groups attached to an aromatic ring is 1. The third kappa shape index (κ3) is 7.08. The number of nitrogens with zero attached hydrogens (tertiary/aromatic N) is 1. The van der Waals surface area contributed by atoms with Gasteiger partial charge in [0.15, 0.2) is 0 Å². The maximum Gasteiger partial charge on any atom is 0.307 e. The molecule has 0 amide bonds. The van der Waals surface area contributed by atoms with Crippen LogP contribution < -0.4 is 5.73 Å². The van der Waals surface area contributed by atoms with Gasteiger partial charge in [-0.1, -0.05) is 12.1 Å². The van der Waals surface area contributed by atoms with Crippen molar-refractivity contribution in [3.8, 4) is 0 Å². The van der Waals surface area contributed by atoms with Crippen molar-refractivity contribution in [1.82, 2.24) is 0 Å². The molecule has 0 fully saturated rings. The van der Waals surface area contributed by atoms with Gasteiger partial charge in [0.1, 0.15) is 5.60 Å². The number of carbonyl (C=O) groups is 1. The number of carbonyl (C=O) groups excluding carboxylic acids is 1. The fourth-order valence-corrected chi connectivity index (χ4v) is 2.18. The zero-order valence-electron chi connectivity index (χ0n) is 14.6. The second-order valence-electron chi connectivity index (χ2n) is 6.73. The van der Waals surface area contributed by atoms with Crippen LogP contribution in [-0.4, -0.2) is 23.0 Å². The summed E-state index contributed by atoms with van der Waals surface area (Å²) < 4.78 is 5.34. The largest absolute Gasteiger partial charge is 0.460 e. The first-order valence-corrected chi connectivity index (χ1v) is 7.70. The molecule has 0 bridgehead atoms. The van der Waals surface area contributed by atoms with Crippen LogP contribution >= 0.6 is 0 Å². The average Bonchev–Trinajstić information content (AvgIpc) is 2.40. The van der Waals surface area contributed by atoms with Crippen LogP contribution in [-0.2, 0) is 16.1 Å². The summed E-state index contributed by atoms with van der Waals surface area (Å²) >= 11 is 0. The van der Waals surface area contributed by atoms with Crippen LogP contribution in [0.25, 0.3) is 0 Å². The van der Waals surface area contributed by atoms with Gasteiger partial charge in [0.05, 0.1) is 13.0 Å². The van der Waals surface area contributed by atoms with Gasteiger partial charge in [-0.2, -0.15) is 0 Å². The highest BCUT2D eigenvalue weighted by Gasteiger charge is 2.23. The van der Waals surface area contributed by atoms with Crippen LogP contribution in [0.15, 0.2) is 29.3 Å². The van der Waals surface area contributed by atoms with Gasteiger partial charge in [0, 0.05) is 23.0 Å². The topological polar surface area (TPSA) is 88.5 Å². The molecule has 0 saturated heterocycles. The van der Waals surface area contributed by atoms with Crippen molar-refractivity contribution in [1.29, 1.82) is 5.41 Å². The molecular formula is C18H27N3O2. The fraction of sp³-hybridized carbons (Fsp3) is 0.500. The van der Waals surface area contributed by atoms with Gasteiger partial charge in [0.2, 0.25) is 0 Å². The summed E-state index contributed by atoms with van der Waals surface area (Å²) in [6, 6.07) is 7.53. The first-order chi connectivity index (χ1) is 10.6. The predicted octanol–water partition coefficient (Wildman–Crippen LogP) is 3.62. The van der Waals surface area contributed by atoms with Crippen LogP contribution in [0.3, 0.4) is 0 Å². The Morgan fingerprint density at radius 3 is 2.52 bits per heavy atom. The third-order valence-corrected chi connectivity index (χ3v) is 3.28. The first-order valence-electron chi connectivity index (χ1n) is 7.70. The molecular weight excluding hydrogens is 290 g/mol. The number of ether oxygens (including phenoxy) is 1. The summed E-state index contributed by atoms with van der Waals surface area (Å²) in [4.78, 5) is 16.5. The van der Waals surface area contributed by atoms with E-state index in [1.54, 1.807) is 6.92 Å². The van der Waals surface area contributed by atoms with Crippen LogP contribution in [0.4, 0.5) is 5.69 Å². The number of rotatable bonds is 6. The molecule has 1 unspecified atom stereocenters. The minimum absolute atomic E-state index is 0.138. The molecule has 23 heavy (non-hydrogen) atoms. The maximum absolute atomic E-state index is 12.0. The summed E-state index contributed by atoms with van der Waals surface area (Å²) in [6.45, 7) is 9.51. The van der Waals surface area contributed by atoms with Crippen molar-refractivity contribution < 1.29 is 9.53 Å². The Kier molecular flexibility index (Phi) is 6.49. The van der Waals surface area contributed by atoms with E-state index in [4.69, 9.17) is 15.9 Å². The van der Waals surface area contributed by atoms with Gasteiger partial charge in [0.25, 0.3) is 0 Å². The van der Waals surface area contributed by atoms with Gasteiger partial charge in [-0.25, -0.2) is 0 Å². The number of nitrogens with two attached hydrogens (primary N) is 1. The number of anilines is 1. The zero-order chi connectivity index (χ0) is 17.6. The van der Waals surface area contributed by atoms with Gasteiger partial charge in [-0.3, -0.25) is 9.79 Å². The van der Waals surface area contributed by atoms with E-state index in [0.717, 1.165) is 11.3 Å². The quantitative estimate of drug-likeness (QED) is 0.477. The molecule has 126 valence electrons. The Morgan fingerprint density at radius 2 is 2.00 bits per heavy atom. The zero-order valence-corrected chi connectivity index (χ0v) is 14.6. The lowest BCUT2D eigenvalue weighted by atomic mass is 9.95. The number of hydrogen-bond donors (Lipinski definition) is 2. The Bertz CT molecular complexity index is 601. The van der Waals surface area contributed by atoms with Crippen LogP contribution in [0.5, 0.6) is 0 Å². The van der Waals surface area contributed by atoms with Crippen molar-refractivity contribution in [3.63, 3.8) is 0 Å². The summed E-state index contributed by atoms with van der Waals surface area (Å²) in [5.74, 6) is -0.640. The predicted molar refractivity (Wildman–Crippen MR) is 95.0 cm³/mol. The van der Waals surface area contributed by atoms with Gasteiger partial charge >= 0.3 is 5.97 Å². The first kappa shape index (κ1) is 18.9. The normalized spacial score (nSPS) is 13.5. The van der Waals surface area contributed by atoms with Crippen LogP contribution in [0, 0.1) is 11.3 Å². The number of nitrogens with one attached hydrogen (secondary N) is 1. The fourth-order valence-electron chi connectivity index (χ4n) is 2.18. The molecule has 3 N–H and O–H groups in total. The lowest BCUT2D eigenvalue weighted by Gasteiger charge is -2.22. The van der Waals surface area contributed by atoms with E-state index in [2.05, 4.69) is 4.99 Å². The highest BCUT2D eigenvalue weighted by atomic mass is 16.6. The van der Waals surface area contributed by atoms with Crippen molar-refractivity contribution in [2.75, 3.05) is 5.73 Å². The van der Waals surface area contributed by atoms with Gasteiger partial charge in [-0.15, -0.1) is 0 Å². The molecule has 0 aliphatic heterocycles. The SMILES string of the molecule is CC(=N)C(CC(=O)OC(C)(C)C)C(C)=NCc1cccc(N)c1. The Hall–Kier alpha value is -2.17. The molecule has 1 aromatic rings. The lowest BCUT2D eigenvalue weighted by Crippen LogP contribution is -2.29. The molecule has 1 atom stereocenters. The molecule has 0 aromatic heterocycles. The van der Waals surface area contributed by atoms with Crippen molar-refractivity contribution in [3.05, 3.63) is 29.8 Å². The highest BCUT2D eigenvalue weighted by molar-refractivity contribution is 6.06. The minimum Gasteiger partial charge on any atom is -0.460 e. The molecule has 0 heterocycles. The smallest absolute Gasteiger partial charge is 0.307 e. The van der Waals surface area contributed by atoms with E-state index in [0.29, 0.717) is 17.9 Å². The summed E-state index contributed by atoms with van der Waals surface area (Å²) in [6.07, 6.45) is 0.138. The standard InChI is InChI=1S/C18H27N3O2/c1-12(19)16(10-17(22)23-18(3,4)5)13(2)21-11-14-7-6-8-15(20)9-14/h6-9,16,19H,10-11,20H2,1-5H3. The molecule has 0 saturated carbocycles. The molecule has 5 nitrogen and oxygen atoms in total. The summed E-state index contributed by atoms with van der Waals surface area (Å²) in [5, 5.41) is 7.91. The monoisotopic (exact) mass is 317 g/mol. The molecule has 0 radical (unpaired) electrons. The van der Waals surface area contributed by atoms with Crippen molar-refractivity contribution in [2.24, 2.45) is 10.9 Å². The Labute approximate surface area is 138 Å². The molecule has 5 heteroatoms. The molecule has 1 aromatic carbocycles. The lowest BCUT2D eigenvalue weighted by molar-refractivity contribution is -0.155. The van der Waals surface area contributed by atoms with E-state index in [-0.39, 0.29) is 18.3 Å². The Balaban J connectivity index is 2.78. The van der Waals surface area contributed by atoms with E-state index in [1.165, 1.54) is 0 Å². The third-order valence-electron chi connectivity index (χ3n) is 3.28. The van der Waals surface area contributed by atoms with Crippen LogP contribution in [0.1, 0.15) is 46.6 Å². The van der Waals surface area contributed by atoms with E-state index >= 15 is 0 Å². The number of aliphatic imine (C=N–C) groups is 1. The summed E-state index contributed by atoms with van der Waals surface area (Å²) in [7, 11) is 0. The van der Waals surface area contributed by atoms with Gasteiger partial charge in [-0.05, 0) is 52.3 Å². The second kappa shape index (κ2) is 7.90. The minimum atomic E-state index is -0.524. The van der Waals surface area contributed by atoms with Crippen molar-refractivity contribution >= 4 is 23.1 Å². The Morgan fingerprint density at radius 1 is 1.35 bits per heavy atom. The molecule has 1 rings (SSSR count). The number of benzene rings is 1. The number of hydrogen-bond acceptors (Lipinski definition) is 5. The molecule has 0 aliphatic carbocycles. The van der Waals surface area contributed by atoms with E-state index < -0.39 is 5.60 Å². The molecule has 0 aliphatic rings. The number of esters is 1. The molecule has 0 spiro atoms. The van der Waals surface area contributed by atoms with Crippen LogP contribution in [0.2, 0.25) is 0 Å². The average molecular weight is 317 g/mol. The maximum atomic E-state index is 12.0. The second-order valence-corrected chi connectivity index (χ2v) is 6.73.